The Morgan fingerprint density at radius 3 is 2.75 bits per heavy atom. The largest absolute Gasteiger partial charge is 0.493 e. The molecule has 2 aromatic heterocycles. The molecule has 0 saturated carbocycles. The first-order valence-corrected chi connectivity index (χ1v) is 8.44. The lowest BCUT2D eigenvalue weighted by Crippen LogP contribution is -2.07. The average Bonchev–Trinajstić information content (AvgIpc) is 2.93. The van der Waals surface area contributed by atoms with Gasteiger partial charge in [-0.3, -0.25) is 4.98 Å². The second kappa shape index (κ2) is 7.59. The van der Waals surface area contributed by atoms with Crippen LogP contribution in [0.15, 0.2) is 53.1 Å². The summed E-state index contributed by atoms with van der Waals surface area (Å²) in [6.07, 6.45) is 1.63. The Hall–Kier alpha value is -2.18. The summed E-state index contributed by atoms with van der Waals surface area (Å²) >= 11 is 3.45. The third-order valence-corrected chi connectivity index (χ3v) is 4.02. The zero-order valence-corrected chi connectivity index (χ0v) is 14.9. The van der Waals surface area contributed by atoms with Gasteiger partial charge < -0.3 is 9.84 Å². The summed E-state index contributed by atoms with van der Waals surface area (Å²) in [6.45, 7) is 3.40. The van der Waals surface area contributed by atoms with E-state index in [2.05, 4.69) is 26.0 Å². The number of nitrogens with zero attached hydrogens (tertiary/aromatic N) is 3. The zero-order chi connectivity index (χ0) is 16.9. The fourth-order valence-corrected chi connectivity index (χ4v) is 2.95. The van der Waals surface area contributed by atoms with E-state index in [0.29, 0.717) is 31.0 Å². The van der Waals surface area contributed by atoms with E-state index in [-0.39, 0.29) is 5.88 Å². The molecule has 0 bridgehead atoms. The lowest BCUT2D eigenvalue weighted by atomic mass is 10.2. The summed E-state index contributed by atoms with van der Waals surface area (Å²) in [7, 11) is 0. The van der Waals surface area contributed by atoms with Gasteiger partial charge in [-0.1, -0.05) is 46.3 Å². The van der Waals surface area contributed by atoms with Crippen molar-refractivity contribution in [1.29, 1.82) is 0 Å². The highest BCUT2D eigenvalue weighted by Crippen LogP contribution is 2.29. The number of aryl methyl sites for hydroxylation is 1. The zero-order valence-electron chi connectivity index (χ0n) is 13.3. The van der Waals surface area contributed by atoms with Crippen LogP contribution in [-0.2, 0) is 17.9 Å². The van der Waals surface area contributed by atoms with E-state index in [0.717, 1.165) is 15.7 Å². The molecule has 24 heavy (non-hydrogen) atoms. The van der Waals surface area contributed by atoms with Crippen LogP contribution in [0.25, 0.3) is 11.3 Å². The molecule has 2 heterocycles. The Morgan fingerprint density at radius 2 is 2.00 bits per heavy atom. The molecule has 5 nitrogen and oxygen atoms in total. The van der Waals surface area contributed by atoms with Gasteiger partial charge in [0.05, 0.1) is 37.2 Å². The van der Waals surface area contributed by atoms with Gasteiger partial charge in [0.2, 0.25) is 5.88 Å². The van der Waals surface area contributed by atoms with E-state index in [1.54, 1.807) is 6.20 Å². The van der Waals surface area contributed by atoms with Gasteiger partial charge in [-0.05, 0) is 24.6 Å². The Bertz CT molecular complexity index is 798. The first-order valence-electron chi connectivity index (χ1n) is 7.64. The topological polar surface area (TPSA) is 60.2 Å². The number of rotatable bonds is 6. The SMILES string of the molecule is Cc1cc(Br)cc(-c2cnn(CCOCc3ccccc3)c2O)n1. The maximum Gasteiger partial charge on any atom is 0.219 e. The van der Waals surface area contributed by atoms with Gasteiger partial charge in [0.15, 0.2) is 0 Å². The number of benzene rings is 1. The second-order valence-corrected chi connectivity index (χ2v) is 6.37. The van der Waals surface area contributed by atoms with Crippen LogP contribution in [-0.4, -0.2) is 26.5 Å². The molecule has 0 fully saturated rings. The van der Waals surface area contributed by atoms with Gasteiger partial charge in [-0.15, -0.1) is 0 Å². The van der Waals surface area contributed by atoms with Gasteiger partial charge in [0, 0.05) is 10.2 Å². The molecule has 124 valence electrons. The smallest absolute Gasteiger partial charge is 0.219 e. The van der Waals surface area contributed by atoms with Crippen molar-refractivity contribution in [2.24, 2.45) is 0 Å². The molecule has 0 amide bonds. The number of pyridine rings is 1. The van der Waals surface area contributed by atoms with Crippen LogP contribution in [0.5, 0.6) is 5.88 Å². The molecule has 0 aliphatic carbocycles. The molecule has 3 aromatic rings. The van der Waals surface area contributed by atoms with Crippen molar-refractivity contribution in [2.45, 2.75) is 20.1 Å². The summed E-state index contributed by atoms with van der Waals surface area (Å²) < 4.78 is 8.08. The van der Waals surface area contributed by atoms with Gasteiger partial charge in [-0.25, -0.2) is 4.68 Å². The lowest BCUT2D eigenvalue weighted by Gasteiger charge is -2.06. The first-order chi connectivity index (χ1) is 11.6. The third-order valence-electron chi connectivity index (χ3n) is 3.56. The highest BCUT2D eigenvalue weighted by atomic mass is 79.9. The number of ether oxygens (including phenoxy) is 1. The maximum atomic E-state index is 10.4. The molecule has 6 heteroatoms. The highest BCUT2D eigenvalue weighted by molar-refractivity contribution is 9.10. The van der Waals surface area contributed by atoms with E-state index in [4.69, 9.17) is 4.74 Å². The predicted octanol–water partition coefficient (Wildman–Crippen LogP) is 3.94. The minimum atomic E-state index is 0.100. The predicted molar refractivity (Wildman–Crippen MR) is 95.7 cm³/mol. The van der Waals surface area contributed by atoms with Crippen molar-refractivity contribution in [1.82, 2.24) is 14.8 Å². The molecule has 0 radical (unpaired) electrons. The average molecular weight is 388 g/mol. The van der Waals surface area contributed by atoms with E-state index in [1.165, 1.54) is 4.68 Å². The summed E-state index contributed by atoms with van der Waals surface area (Å²) in [5.74, 6) is 0.100. The van der Waals surface area contributed by atoms with Gasteiger partial charge >= 0.3 is 0 Å². The van der Waals surface area contributed by atoms with Gasteiger partial charge in [0.25, 0.3) is 0 Å². The van der Waals surface area contributed by atoms with Crippen LogP contribution < -0.4 is 0 Å². The molecule has 0 aliphatic heterocycles. The molecule has 3 rings (SSSR count). The number of aromatic nitrogens is 3. The minimum absolute atomic E-state index is 0.100. The number of aromatic hydroxyl groups is 1. The van der Waals surface area contributed by atoms with Crippen LogP contribution in [0.4, 0.5) is 0 Å². The normalized spacial score (nSPS) is 10.9. The van der Waals surface area contributed by atoms with Crippen molar-refractivity contribution in [3.63, 3.8) is 0 Å². The van der Waals surface area contributed by atoms with Crippen molar-refractivity contribution < 1.29 is 9.84 Å². The van der Waals surface area contributed by atoms with E-state index < -0.39 is 0 Å². The summed E-state index contributed by atoms with van der Waals surface area (Å²) in [5, 5.41) is 14.6. The Balaban J connectivity index is 1.62. The molecule has 0 unspecified atom stereocenters. The van der Waals surface area contributed by atoms with Crippen molar-refractivity contribution in [3.05, 3.63) is 64.4 Å². The third kappa shape index (κ3) is 4.01. The molecular weight excluding hydrogens is 370 g/mol. The molecule has 0 atom stereocenters. The second-order valence-electron chi connectivity index (χ2n) is 5.46. The Kier molecular flexibility index (Phi) is 5.27. The van der Waals surface area contributed by atoms with Crippen molar-refractivity contribution in [3.8, 4) is 17.1 Å². The van der Waals surface area contributed by atoms with Crippen LogP contribution in [0.1, 0.15) is 11.3 Å². The minimum Gasteiger partial charge on any atom is -0.493 e. The highest BCUT2D eigenvalue weighted by Gasteiger charge is 2.13. The standard InChI is InChI=1S/C18H18BrN3O2/c1-13-9-15(19)10-17(21-13)16-11-20-22(18(16)23)7-8-24-12-14-5-3-2-4-6-14/h2-6,9-11,23H,7-8,12H2,1H3. The maximum absolute atomic E-state index is 10.4. The molecule has 0 aliphatic rings. The van der Waals surface area contributed by atoms with Crippen molar-refractivity contribution in [2.75, 3.05) is 6.61 Å². The summed E-state index contributed by atoms with van der Waals surface area (Å²) in [6, 6.07) is 13.8. The van der Waals surface area contributed by atoms with E-state index in [9.17, 15) is 5.11 Å². The molecule has 1 N–H and O–H groups in total. The van der Waals surface area contributed by atoms with Crippen LogP contribution in [0.2, 0.25) is 0 Å². The van der Waals surface area contributed by atoms with E-state index in [1.807, 2.05) is 49.4 Å². The molecule has 0 saturated heterocycles. The summed E-state index contributed by atoms with van der Waals surface area (Å²) in [4.78, 5) is 4.44. The Labute approximate surface area is 149 Å². The monoisotopic (exact) mass is 387 g/mol. The fourth-order valence-electron chi connectivity index (χ4n) is 2.40. The summed E-state index contributed by atoms with van der Waals surface area (Å²) in [5.41, 5.74) is 3.30. The molecule has 0 spiro atoms. The van der Waals surface area contributed by atoms with Crippen LogP contribution in [0.3, 0.4) is 0 Å². The Morgan fingerprint density at radius 1 is 1.21 bits per heavy atom. The van der Waals surface area contributed by atoms with Crippen molar-refractivity contribution >= 4 is 15.9 Å². The van der Waals surface area contributed by atoms with Crippen LogP contribution in [0, 0.1) is 6.92 Å². The molecular formula is C18H18BrN3O2. The van der Waals surface area contributed by atoms with Crippen LogP contribution >= 0.6 is 15.9 Å². The number of halogens is 1. The van der Waals surface area contributed by atoms with Gasteiger partial charge in [0.1, 0.15) is 0 Å². The quantitative estimate of drug-likeness (QED) is 0.650. The lowest BCUT2D eigenvalue weighted by molar-refractivity contribution is 0.109. The van der Waals surface area contributed by atoms with E-state index >= 15 is 0 Å². The van der Waals surface area contributed by atoms with Gasteiger partial charge in [-0.2, -0.15) is 5.10 Å². The fraction of sp³-hybridized carbons (Fsp3) is 0.222. The first kappa shape index (κ1) is 16.7. The molecule has 1 aromatic carbocycles. The number of hydrogen-bond acceptors (Lipinski definition) is 4. The number of hydrogen-bond donors (Lipinski definition) is 1.